The molecule has 1 heterocycles. The van der Waals surface area contributed by atoms with Crippen molar-refractivity contribution in [3.63, 3.8) is 0 Å². The summed E-state index contributed by atoms with van der Waals surface area (Å²) < 4.78 is 16.2. The number of benzene rings is 2. The molecule has 8 nitrogen and oxygen atoms in total. The van der Waals surface area contributed by atoms with Crippen LogP contribution in [0, 0.1) is 6.92 Å². The van der Waals surface area contributed by atoms with Gasteiger partial charge in [0, 0.05) is 11.3 Å². The number of ether oxygens (including phenoxy) is 3. The first-order chi connectivity index (χ1) is 14.6. The van der Waals surface area contributed by atoms with Crippen molar-refractivity contribution in [3.05, 3.63) is 65.7 Å². The fourth-order valence-corrected chi connectivity index (χ4v) is 2.65. The van der Waals surface area contributed by atoms with Gasteiger partial charge in [0.15, 0.2) is 5.11 Å². The number of anilines is 1. The normalized spacial score (nSPS) is 10.5. The van der Waals surface area contributed by atoms with Gasteiger partial charge in [-0.1, -0.05) is 30.3 Å². The molecule has 0 atom stereocenters. The van der Waals surface area contributed by atoms with Crippen LogP contribution in [0.15, 0.2) is 59.7 Å². The van der Waals surface area contributed by atoms with Crippen molar-refractivity contribution in [2.45, 2.75) is 6.92 Å². The molecule has 0 saturated heterocycles. The highest BCUT2D eigenvalue weighted by molar-refractivity contribution is 7.80. The Labute approximate surface area is 179 Å². The Kier molecular flexibility index (Phi) is 7.12. The Balaban J connectivity index is 1.75. The zero-order valence-corrected chi connectivity index (χ0v) is 17.6. The summed E-state index contributed by atoms with van der Waals surface area (Å²) in [5.41, 5.74) is 5.37. The first-order valence-corrected chi connectivity index (χ1v) is 9.39. The van der Waals surface area contributed by atoms with Crippen molar-refractivity contribution in [1.29, 1.82) is 0 Å². The van der Waals surface area contributed by atoms with Crippen LogP contribution in [0.2, 0.25) is 0 Å². The number of aromatic nitrogens is 2. The molecule has 9 heteroatoms. The number of para-hydroxylation sites is 1. The van der Waals surface area contributed by atoms with Crippen LogP contribution >= 0.6 is 12.2 Å². The molecule has 30 heavy (non-hydrogen) atoms. The molecule has 154 valence electrons. The molecule has 0 unspecified atom stereocenters. The molecular weight excluding hydrogens is 402 g/mol. The maximum Gasteiger partial charge on any atom is 0.328 e. The Morgan fingerprint density at radius 1 is 1.00 bits per heavy atom. The number of aryl methyl sites for hydroxylation is 1. The van der Waals surface area contributed by atoms with Crippen molar-refractivity contribution >= 4 is 29.2 Å². The zero-order valence-electron chi connectivity index (χ0n) is 16.7. The number of nitrogens with one attached hydrogen (secondary N) is 2. The van der Waals surface area contributed by atoms with E-state index >= 15 is 0 Å². The van der Waals surface area contributed by atoms with Crippen LogP contribution < -0.4 is 25.0 Å². The predicted molar refractivity (Wildman–Crippen MR) is 120 cm³/mol. The fourth-order valence-electron chi connectivity index (χ4n) is 2.48. The molecule has 0 fully saturated rings. The number of hydrogen-bond donors (Lipinski definition) is 2. The highest BCUT2D eigenvalue weighted by atomic mass is 32.1. The van der Waals surface area contributed by atoms with Gasteiger partial charge in [-0.3, -0.25) is 5.43 Å². The van der Waals surface area contributed by atoms with Crippen LogP contribution in [-0.2, 0) is 0 Å². The van der Waals surface area contributed by atoms with E-state index in [4.69, 9.17) is 26.4 Å². The first-order valence-electron chi connectivity index (χ1n) is 8.98. The molecule has 2 N–H and O–H groups in total. The van der Waals surface area contributed by atoms with Crippen LogP contribution in [0.4, 0.5) is 5.69 Å². The van der Waals surface area contributed by atoms with Crippen LogP contribution in [0.25, 0.3) is 0 Å². The van der Waals surface area contributed by atoms with Gasteiger partial charge in [0.05, 0.1) is 26.5 Å². The lowest BCUT2D eigenvalue weighted by Crippen LogP contribution is -2.23. The van der Waals surface area contributed by atoms with E-state index in [1.54, 1.807) is 18.3 Å². The topological polar surface area (TPSA) is 89.9 Å². The van der Waals surface area contributed by atoms with Crippen molar-refractivity contribution in [3.8, 4) is 23.5 Å². The van der Waals surface area contributed by atoms with Gasteiger partial charge in [0.1, 0.15) is 5.75 Å². The first kappa shape index (κ1) is 21.0. The quantitative estimate of drug-likeness (QED) is 0.336. The third-order valence-corrected chi connectivity index (χ3v) is 4.15. The second-order valence-corrected chi connectivity index (χ2v) is 6.42. The van der Waals surface area contributed by atoms with Gasteiger partial charge in [-0.25, -0.2) is 0 Å². The molecule has 3 aromatic rings. The Morgan fingerprint density at radius 2 is 1.70 bits per heavy atom. The Hall–Kier alpha value is -3.72. The largest absolute Gasteiger partial charge is 0.481 e. The lowest BCUT2D eigenvalue weighted by molar-refractivity contribution is 0.348. The summed E-state index contributed by atoms with van der Waals surface area (Å²) in [4.78, 5) is 8.39. The molecule has 3 rings (SSSR count). The summed E-state index contributed by atoms with van der Waals surface area (Å²) in [6.45, 7) is 1.95. The van der Waals surface area contributed by atoms with E-state index in [0.29, 0.717) is 22.6 Å². The highest BCUT2D eigenvalue weighted by Crippen LogP contribution is 2.27. The lowest BCUT2D eigenvalue weighted by Gasteiger charge is -2.11. The molecule has 0 aliphatic heterocycles. The molecule has 0 bridgehead atoms. The van der Waals surface area contributed by atoms with Gasteiger partial charge in [-0.2, -0.15) is 15.1 Å². The highest BCUT2D eigenvalue weighted by Gasteiger charge is 2.11. The number of hydrogen-bond acceptors (Lipinski definition) is 7. The molecule has 1 aromatic heterocycles. The van der Waals surface area contributed by atoms with E-state index in [-0.39, 0.29) is 6.01 Å². The van der Waals surface area contributed by atoms with E-state index in [0.717, 1.165) is 16.8 Å². The van der Waals surface area contributed by atoms with E-state index in [2.05, 4.69) is 25.8 Å². The van der Waals surface area contributed by atoms with E-state index in [1.807, 2.05) is 49.4 Å². The molecule has 0 aliphatic rings. The number of methoxy groups -OCH3 is 2. The van der Waals surface area contributed by atoms with Gasteiger partial charge in [-0.15, -0.1) is 0 Å². The van der Waals surface area contributed by atoms with Gasteiger partial charge >= 0.3 is 6.01 Å². The number of thiocarbonyl (C=S) groups is 1. The van der Waals surface area contributed by atoms with Gasteiger partial charge in [0.25, 0.3) is 0 Å². The summed E-state index contributed by atoms with van der Waals surface area (Å²) in [6, 6.07) is 16.9. The molecule has 0 aliphatic carbocycles. The van der Waals surface area contributed by atoms with Crippen molar-refractivity contribution in [1.82, 2.24) is 15.4 Å². The smallest absolute Gasteiger partial charge is 0.328 e. The molecule has 0 radical (unpaired) electrons. The minimum Gasteiger partial charge on any atom is -0.481 e. The minimum atomic E-state index is 0.0978. The van der Waals surface area contributed by atoms with Crippen molar-refractivity contribution in [2.24, 2.45) is 5.10 Å². The van der Waals surface area contributed by atoms with Crippen LogP contribution in [0.3, 0.4) is 0 Å². The standard InChI is InChI=1S/C21H21N5O3S/c1-14-8-7-11-17(29-20-24-18(27-2)12-19(25-20)28-3)16(14)13-22-26-21(30)23-15-9-5-4-6-10-15/h4-13H,1-3H3,(H2,23,26,30). The van der Waals surface area contributed by atoms with Gasteiger partial charge in [0.2, 0.25) is 11.8 Å². The predicted octanol–water partition coefficient (Wildman–Crippen LogP) is 3.92. The lowest BCUT2D eigenvalue weighted by atomic mass is 10.1. The fraction of sp³-hybridized carbons (Fsp3) is 0.143. The van der Waals surface area contributed by atoms with E-state index < -0.39 is 0 Å². The summed E-state index contributed by atoms with van der Waals surface area (Å²) in [5, 5.41) is 7.64. The summed E-state index contributed by atoms with van der Waals surface area (Å²) in [6.07, 6.45) is 1.63. The molecule has 0 amide bonds. The summed E-state index contributed by atoms with van der Waals surface area (Å²) >= 11 is 5.26. The zero-order chi connectivity index (χ0) is 21.3. The summed E-state index contributed by atoms with van der Waals surface area (Å²) in [5.74, 6) is 1.19. The van der Waals surface area contributed by atoms with Gasteiger partial charge in [-0.05, 0) is 42.9 Å². The second kappa shape index (κ2) is 10.2. The van der Waals surface area contributed by atoms with Crippen LogP contribution in [-0.4, -0.2) is 35.5 Å². The molecular formula is C21H21N5O3S. The van der Waals surface area contributed by atoms with Gasteiger partial charge < -0.3 is 19.5 Å². The third-order valence-electron chi connectivity index (χ3n) is 3.95. The van der Waals surface area contributed by atoms with Crippen molar-refractivity contribution in [2.75, 3.05) is 19.5 Å². The third kappa shape index (κ3) is 5.65. The monoisotopic (exact) mass is 423 g/mol. The average molecular weight is 423 g/mol. The SMILES string of the molecule is COc1cc(OC)nc(Oc2cccc(C)c2C=NNC(=S)Nc2ccccc2)n1. The maximum absolute atomic E-state index is 5.88. The number of rotatable bonds is 7. The maximum atomic E-state index is 5.88. The second-order valence-electron chi connectivity index (χ2n) is 6.01. The summed E-state index contributed by atoms with van der Waals surface area (Å²) in [7, 11) is 3.02. The van der Waals surface area contributed by atoms with Crippen LogP contribution in [0.5, 0.6) is 23.5 Å². The Morgan fingerprint density at radius 3 is 2.37 bits per heavy atom. The average Bonchev–Trinajstić information content (AvgIpc) is 2.76. The van der Waals surface area contributed by atoms with Crippen molar-refractivity contribution < 1.29 is 14.2 Å². The molecule has 0 saturated carbocycles. The number of hydrazone groups is 1. The minimum absolute atomic E-state index is 0.0978. The number of nitrogens with zero attached hydrogens (tertiary/aromatic N) is 3. The van der Waals surface area contributed by atoms with E-state index in [1.165, 1.54) is 14.2 Å². The Bertz CT molecular complexity index is 1020. The van der Waals surface area contributed by atoms with E-state index in [9.17, 15) is 0 Å². The molecule has 2 aromatic carbocycles. The molecule has 0 spiro atoms. The van der Waals surface area contributed by atoms with Crippen LogP contribution in [0.1, 0.15) is 11.1 Å².